The molecule has 0 N–H and O–H groups in total. The van der Waals surface area contributed by atoms with Crippen LogP contribution in [-0.2, 0) is 6.42 Å². The molecule has 6 rings (SSSR count). The second-order valence-corrected chi connectivity index (χ2v) is 9.84. The fourth-order valence-electron chi connectivity index (χ4n) is 4.82. The summed E-state index contributed by atoms with van der Waals surface area (Å²) in [5, 5.41) is 6.51. The van der Waals surface area contributed by atoms with Crippen LogP contribution in [0.5, 0.6) is 0 Å². The Labute approximate surface area is 220 Å². The van der Waals surface area contributed by atoms with Gasteiger partial charge in [-0.3, -0.25) is 0 Å². The Balaban J connectivity index is 0.000000689. The van der Waals surface area contributed by atoms with E-state index in [2.05, 4.69) is 107 Å². The van der Waals surface area contributed by atoms with Crippen molar-refractivity contribution in [1.82, 2.24) is 4.57 Å². The van der Waals surface area contributed by atoms with Gasteiger partial charge in [-0.1, -0.05) is 93.5 Å². The van der Waals surface area contributed by atoms with Crippen molar-refractivity contribution in [2.75, 3.05) is 0 Å². The molecule has 0 radical (unpaired) electrons. The zero-order valence-corrected chi connectivity index (χ0v) is 23.6. The Hall–Kier alpha value is -2.88. The molecule has 0 aliphatic rings. The summed E-state index contributed by atoms with van der Waals surface area (Å²) in [4.78, 5) is 1.29. The SMILES string of the molecule is C=Cc1sc2c(ccc3cc4c5cc(Br)ccc5n(-c5ccccc5)c4cc32)c1CC.CC.CC. The predicted molar refractivity (Wildman–Crippen MR) is 164 cm³/mol. The van der Waals surface area contributed by atoms with Crippen LogP contribution in [0.25, 0.3) is 54.4 Å². The highest BCUT2D eigenvalue weighted by molar-refractivity contribution is 9.10. The number of aryl methyl sites for hydroxylation is 1. The molecule has 0 saturated carbocycles. The number of thiophene rings is 1. The van der Waals surface area contributed by atoms with Crippen LogP contribution in [0.3, 0.4) is 0 Å². The summed E-state index contributed by atoms with van der Waals surface area (Å²) in [5.41, 5.74) is 5.06. The Morgan fingerprint density at radius 3 is 2.20 bits per heavy atom. The van der Waals surface area contributed by atoms with Crippen molar-refractivity contribution in [2.24, 2.45) is 0 Å². The molecule has 0 amide bonds. The van der Waals surface area contributed by atoms with Gasteiger partial charge in [0.1, 0.15) is 0 Å². The minimum absolute atomic E-state index is 1.02. The van der Waals surface area contributed by atoms with E-state index in [0.29, 0.717) is 0 Å². The van der Waals surface area contributed by atoms with Gasteiger partial charge in [0.25, 0.3) is 0 Å². The van der Waals surface area contributed by atoms with Gasteiger partial charge in [-0.15, -0.1) is 11.3 Å². The highest BCUT2D eigenvalue weighted by Gasteiger charge is 2.16. The normalized spacial score (nSPS) is 10.8. The van der Waals surface area contributed by atoms with E-state index in [1.54, 1.807) is 0 Å². The Morgan fingerprint density at radius 2 is 1.51 bits per heavy atom. The Bertz CT molecular complexity index is 1640. The number of fused-ring (bicyclic) bond motifs is 6. The molecule has 0 saturated heterocycles. The van der Waals surface area contributed by atoms with E-state index in [4.69, 9.17) is 0 Å². The van der Waals surface area contributed by atoms with E-state index in [1.807, 2.05) is 45.1 Å². The molecule has 0 unspecified atom stereocenters. The second kappa shape index (κ2) is 10.8. The predicted octanol–water partition coefficient (Wildman–Crippen LogP) is 11.2. The first kappa shape index (κ1) is 25.2. The number of para-hydroxylation sites is 1. The first-order valence-corrected chi connectivity index (χ1v) is 14.1. The fourth-order valence-corrected chi connectivity index (χ4v) is 6.45. The van der Waals surface area contributed by atoms with Crippen molar-refractivity contribution < 1.29 is 0 Å². The molecule has 0 aliphatic carbocycles. The maximum Gasteiger partial charge on any atom is 0.0547 e. The number of hydrogen-bond donors (Lipinski definition) is 0. The molecular weight excluding hydrogens is 510 g/mol. The van der Waals surface area contributed by atoms with Gasteiger partial charge >= 0.3 is 0 Å². The molecule has 2 aromatic heterocycles. The van der Waals surface area contributed by atoms with E-state index in [0.717, 1.165) is 10.9 Å². The smallest absolute Gasteiger partial charge is 0.0547 e. The standard InChI is InChI=1S/C28H20BrNS.2C2H6/c1-3-20-21-12-10-17-14-23-24-15-18(29)11-13-25(24)30(19-8-6-5-7-9-19)26(23)16-22(17)28(21)31-27(20)4-2;2*1-2/h4-16H,2-3H2,1H3;2*1-2H3. The van der Waals surface area contributed by atoms with E-state index in [1.165, 1.54) is 58.8 Å². The molecule has 1 nitrogen and oxygen atoms in total. The van der Waals surface area contributed by atoms with Crippen LogP contribution in [0.15, 0.2) is 83.8 Å². The van der Waals surface area contributed by atoms with E-state index >= 15 is 0 Å². The summed E-state index contributed by atoms with van der Waals surface area (Å²) in [6.45, 7) is 14.3. The van der Waals surface area contributed by atoms with Gasteiger partial charge in [0.15, 0.2) is 0 Å². The first-order chi connectivity index (χ1) is 17.2. The Kier molecular flexibility index (Phi) is 7.78. The minimum atomic E-state index is 1.02. The van der Waals surface area contributed by atoms with Crippen LogP contribution < -0.4 is 0 Å². The summed E-state index contributed by atoms with van der Waals surface area (Å²) in [6, 6.07) is 26.5. The van der Waals surface area contributed by atoms with Crippen molar-refractivity contribution in [3.63, 3.8) is 0 Å². The number of hydrogen-bond acceptors (Lipinski definition) is 1. The maximum absolute atomic E-state index is 4.06. The van der Waals surface area contributed by atoms with Crippen LogP contribution in [0, 0.1) is 0 Å². The first-order valence-electron chi connectivity index (χ1n) is 12.5. The molecular formula is C32H32BrNS. The van der Waals surface area contributed by atoms with Crippen LogP contribution in [0.4, 0.5) is 0 Å². The molecule has 0 spiro atoms. The van der Waals surface area contributed by atoms with Gasteiger partial charge in [0.05, 0.1) is 11.0 Å². The zero-order chi connectivity index (χ0) is 25.1. The Morgan fingerprint density at radius 1 is 0.800 bits per heavy atom. The van der Waals surface area contributed by atoms with Crippen LogP contribution >= 0.6 is 27.3 Å². The quantitative estimate of drug-likeness (QED) is 0.210. The van der Waals surface area contributed by atoms with Gasteiger partial charge in [-0.2, -0.15) is 0 Å². The summed E-state index contributed by atoms with van der Waals surface area (Å²) in [7, 11) is 0. The summed E-state index contributed by atoms with van der Waals surface area (Å²) in [6.07, 6.45) is 3.03. The lowest BCUT2D eigenvalue weighted by atomic mass is 10.0. The van der Waals surface area contributed by atoms with Crippen LogP contribution in [0.2, 0.25) is 0 Å². The average molecular weight is 543 g/mol. The minimum Gasteiger partial charge on any atom is -0.309 e. The van der Waals surface area contributed by atoms with Gasteiger partial charge < -0.3 is 4.57 Å². The number of halogens is 1. The lowest BCUT2D eigenvalue weighted by Crippen LogP contribution is -1.93. The summed E-state index contributed by atoms with van der Waals surface area (Å²) in [5.74, 6) is 0. The number of rotatable bonds is 3. The van der Waals surface area contributed by atoms with E-state index in [-0.39, 0.29) is 0 Å². The van der Waals surface area contributed by atoms with Crippen molar-refractivity contribution in [3.8, 4) is 5.69 Å². The average Bonchev–Trinajstić information content (AvgIpc) is 3.45. The topological polar surface area (TPSA) is 4.93 Å². The third-order valence-corrected chi connectivity index (χ3v) is 7.98. The van der Waals surface area contributed by atoms with Crippen LogP contribution in [0.1, 0.15) is 45.1 Å². The molecule has 2 heterocycles. The lowest BCUT2D eigenvalue weighted by Gasteiger charge is -2.08. The van der Waals surface area contributed by atoms with Gasteiger partial charge in [0.2, 0.25) is 0 Å². The number of nitrogens with zero attached hydrogens (tertiary/aromatic N) is 1. The lowest BCUT2D eigenvalue weighted by molar-refractivity contribution is 1.17. The van der Waals surface area contributed by atoms with Gasteiger partial charge in [-0.05, 0) is 65.2 Å². The summed E-state index contributed by atoms with van der Waals surface area (Å²) < 4.78 is 4.85. The molecule has 0 atom stereocenters. The molecule has 0 fully saturated rings. The fraction of sp³-hybridized carbons (Fsp3) is 0.188. The molecule has 0 bridgehead atoms. The molecule has 6 aromatic rings. The van der Waals surface area contributed by atoms with E-state index in [9.17, 15) is 0 Å². The van der Waals surface area contributed by atoms with Crippen molar-refractivity contribution >= 4 is 76.0 Å². The molecule has 0 aliphatic heterocycles. The van der Waals surface area contributed by atoms with Crippen molar-refractivity contribution in [1.29, 1.82) is 0 Å². The van der Waals surface area contributed by atoms with E-state index < -0.39 is 0 Å². The molecule has 4 aromatic carbocycles. The van der Waals surface area contributed by atoms with Gasteiger partial charge in [0, 0.05) is 35.9 Å². The number of benzene rings is 4. The third-order valence-electron chi connectivity index (χ3n) is 6.21. The molecule has 3 heteroatoms. The highest BCUT2D eigenvalue weighted by Crippen LogP contribution is 2.41. The second-order valence-electron chi connectivity index (χ2n) is 7.87. The number of aromatic nitrogens is 1. The molecule has 35 heavy (non-hydrogen) atoms. The zero-order valence-electron chi connectivity index (χ0n) is 21.2. The molecule has 178 valence electrons. The maximum atomic E-state index is 4.06. The largest absolute Gasteiger partial charge is 0.309 e. The summed E-state index contributed by atoms with van der Waals surface area (Å²) >= 11 is 5.54. The van der Waals surface area contributed by atoms with Gasteiger partial charge in [-0.25, -0.2) is 0 Å². The van der Waals surface area contributed by atoms with Crippen molar-refractivity contribution in [3.05, 3.63) is 94.3 Å². The third kappa shape index (κ3) is 4.22. The highest BCUT2D eigenvalue weighted by atomic mass is 79.9. The van der Waals surface area contributed by atoms with Crippen LogP contribution in [-0.4, -0.2) is 4.57 Å². The monoisotopic (exact) mass is 541 g/mol. The van der Waals surface area contributed by atoms with Crippen molar-refractivity contribution in [2.45, 2.75) is 41.0 Å².